The van der Waals surface area contributed by atoms with Crippen LogP contribution in [0.25, 0.3) is 0 Å². The molecule has 2 aromatic rings. The van der Waals surface area contributed by atoms with Crippen molar-refractivity contribution in [1.82, 2.24) is 8.61 Å². The highest BCUT2D eigenvalue weighted by molar-refractivity contribution is 9.10. The van der Waals surface area contributed by atoms with E-state index < -0.39 is 32.2 Å². The van der Waals surface area contributed by atoms with Crippen LogP contribution in [0.3, 0.4) is 0 Å². The van der Waals surface area contributed by atoms with Crippen LogP contribution >= 0.6 is 15.9 Å². The monoisotopic (exact) mass is 546 g/mol. The molecule has 1 aliphatic rings. The summed E-state index contributed by atoms with van der Waals surface area (Å²) in [6, 6.07) is 12.1. The molecule has 3 atom stereocenters. The Kier molecular flexibility index (Phi) is 7.68. The first kappa shape index (κ1) is 25.1. The Hall–Kier alpha value is -1.50. The molecule has 0 aliphatic carbocycles. The number of likely N-dealkylation sites (N-methyl/N-ethyl adjacent to an activating group) is 1. The Labute approximate surface area is 198 Å². The minimum atomic E-state index is -3.93. The molecule has 0 unspecified atom stereocenters. The average molecular weight is 547 g/mol. The van der Waals surface area contributed by atoms with Gasteiger partial charge in [-0.1, -0.05) is 41.1 Å². The Balaban J connectivity index is 2.01. The second-order valence-corrected chi connectivity index (χ2v) is 12.7. The Morgan fingerprint density at radius 2 is 1.91 bits per heavy atom. The Morgan fingerprint density at radius 1 is 1.25 bits per heavy atom. The van der Waals surface area contributed by atoms with Gasteiger partial charge >= 0.3 is 0 Å². The topological polar surface area (TPSA) is 104 Å². The van der Waals surface area contributed by atoms with Crippen LogP contribution in [-0.2, 0) is 20.0 Å². The minimum Gasteiger partial charge on any atom is -0.487 e. The van der Waals surface area contributed by atoms with Crippen molar-refractivity contribution in [3.8, 4) is 5.75 Å². The smallest absolute Gasteiger partial charge is 0.247 e. The summed E-state index contributed by atoms with van der Waals surface area (Å²) < 4.78 is 61.9. The first-order valence-corrected chi connectivity index (χ1v) is 13.8. The molecule has 32 heavy (non-hydrogen) atoms. The standard InChI is InChI=1S/C21H27BrN2O6S2/c1-15-12-24(16(2)14-25)32(28,29)21-10-9-17(22)11-19(21)30-20(15)13-23(3)31(26,27)18-7-5-4-6-8-18/h4-11,15-16,20,25H,12-14H2,1-3H3/t15-,16+,20-/m0/s1. The molecule has 1 aliphatic heterocycles. The summed E-state index contributed by atoms with van der Waals surface area (Å²) in [7, 11) is -6.21. The average Bonchev–Trinajstić information content (AvgIpc) is 2.75. The van der Waals surface area contributed by atoms with E-state index in [0.717, 1.165) is 0 Å². The van der Waals surface area contributed by atoms with Crippen molar-refractivity contribution >= 4 is 36.0 Å². The van der Waals surface area contributed by atoms with Crippen molar-refractivity contribution in [3.05, 3.63) is 53.0 Å². The van der Waals surface area contributed by atoms with E-state index in [-0.39, 0.29) is 41.2 Å². The number of aliphatic hydroxyl groups excluding tert-OH is 1. The molecule has 1 N–H and O–H groups in total. The number of benzene rings is 2. The normalized spacial score (nSPS) is 22.4. The molecule has 176 valence electrons. The van der Waals surface area contributed by atoms with Gasteiger partial charge in [0, 0.05) is 30.0 Å². The lowest BCUT2D eigenvalue weighted by Gasteiger charge is -2.37. The number of halogens is 1. The summed E-state index contributed by atoms with van der Waals surface area (Å²) in [4.78, 5) is 0.147. The number of aliphatic hydroxyl groups is 1. The third-order valence-electron chi connectivity index (χ3n) is 5.52. The SMILES string of the molecule is C[C@H](CO)N1C[C@H](C)[C@H](CN(C)S(=O)(=O)c2ccccc2)Oc2cc(Br)ccc2S1(=O)=O. The van der Waals surface area contributed by atoms with E-state index in [9.17, 15) is 21.9 Å². The van der Waals surface area contributed by atoms with E-state index in [1.54, 1.807) is 37.3 Å². The van der Waals surface area contributed by atoms with Gasteiger partial charge in [-0.05, 0) is 37.3 Å². The van der Waals surface area contributed by atoms with Gasteiger partial charge < -0.3 is 9.84 Å². The number of fused-ring (bicyclic) bond motifs is 1. The summed E-state index contributed by atoms with van der Waals surface area (Å²) in [5, 5.41) is 9.67. The van der Waals surface area contributed by atoms with Crippen LogP contribution in [0.4, 0.5) is 0 Å². The third-order valence-corrected chi connectivity index (χ3v) is 9.87. The lowest BCUT2D eigenvalue weighted by molar-refractivity contribution is 0.0904. The summed E-state index contributed by atoms with van der Waals surface area (Å²) in [6.07, 6.45) is -0.629. The van der Waals surface area contributed by atoms with Gasteiger partial charge in [-0.25, -0.2) is 16.8 Å². The van der Waals surface area contributed by atoms with Gasteiger partial charge in [-0.2, -0.15) is 8.61 Å². The molecule has 0 radical (unpaired) electrons. The molecule has 0 amide bonds. The van der Waals surface area contributed by atoms with Crippen molar-refractivity contribution in [2.24, 2.45) is 5.92 Å². The minimum absolute atomic E-state index is 0.0196. The maximum Gasteiger partial charge on any atom is 0.247 e. The predicted octanol–water partition coefficient (Wildman–Crippen LogP) is 2.54. The van der Waals surface area contributed by atoms with Gasteiger partial charge in [-0.15, -0.1) is 0 Å². The van der Waals surface area contributed by atoms with Crippen molar-refractivity contribution < 1.29 is 26.7 Å². The summed E-state index contributed by atoms with van der Waals surface area (Å²) in [6.45, 7) is 3.19. The third kappa shape index (κ3) is 5.02. The fourth-order valence-corrected chi connectivity index (χ4v) is 6.91. The fourth-order valence-electron chi connectivity index (χ4n) is 3.54. The largest absolute Gasteiger partial charge is 0.487 e. The Bertz CT molecular complexity index is 1160. The molecule has 0 aromatic heterocycles. The molecule has 0 saturated heterocycles. The molecule has 0 bridgehead atoms. The molecular weight excluding hydrogens is 520 g/mol. The lowest BCUT2D eigenvalue weighted by atomic mass is 10.0. The molecular formula is C21H27BrN2O6S2. The lowest BCUT2D eigenvalue weighted by Crippen LogP contribution is -2.50. The second kappa shape index (κ2) is 9.78. The van der Waals surface area contributed by atoms with Crippen LogP contribution in [0.2, 0.25) is 0 Å². The van der Waals surface area contributed by atoms with E-state index in [2.05, 4.69) is 15.9 Å². The Morgan fingerprint density at radius 3 is 2.53 bits per heavy atom. The second-order valence-electron chi connectivity index (χ2n) is 7.93. The van der Waals surface area contributed by atoms with Crippen molar-refractivity contribution in [3.63, 3.8) is 0 Å². The maximum absolute atomic E-state index is 13.3. The van der Waals surface area contributed by atoms with Gasteiger partial charge in [0.1, 0.15) is 16.7 Å². The van der Waals surface area contributed by atoms with E-state index in [0.29, 0.717) is 4.47 Å². The summed E-state index contributed by atoms with van der Waals surface area (Å²) >= 11 is 3.34. The van der Waals surface area contributed by atoms with Crippen LogP contribution in [0, 0.1) is 5.92 Å². The van der Waals surface area contributed by atoms with Crippen molar-refractivity contribution in [2.45, 2.75) is 35.8 Å². The molecule has 2 aromatic carbocycles. The van der Waals surface area contributed by atoms with Crippen molar-refractivity contribution in [2.75, 3.05) is 26.7 Å². The zero-order valence-electron chi connectivity index (χ0n) is 18.0. The van der Waals surface area contributed by atoms with E-state index in [1.165, 1.54) is 33.9 Å². The van der Waals surface area contributed by atoms with Gasteiger partial charge in [0.05, 0.1) is 18.0 Å². The van der Waals surface area contributed by atoms with Gasteiger partial charge in [0.25, 0.3) is 0 Å². The molecule has 11 heteroatoms. The van der Waals surface area contributed by atoms with Crippen LogP contribution in [-0.4, -0.2) is 69.4 Å². The zero-order chi connectivity index (χ0) is 23.7. The van der Waals surface area contributed by atoms with E-state index in [4.69, 9.17) is 4.74 Å². The predicted molar refractivity (Wildman–Crippen MR) is 124 cm³/mol. The van der Waals surface area contributed by atoms with Gasteiger partial charge in [-0.3, -0.25) is 0 Å². The van der Waals surface area contributed by atoms with Crippen molar-refractivity contribution in [1.29, 1.82) is 0 Å². The molecule has 0 fully saturated rings. The zero-order valence-corrected chi connectivity index (χ0v) is 21.3. The quantitative estimate of drug-likeness (QED) is 0.596. The van der Waals surface area contributed by atoms with Crippen LogP contribution in [0.15, 0.2) is 62.8 Å². The first-order chi connectivity index (χ1) is 15.0. The number of hydrogen-bond acceptors (Lipinski definition) is 6. The number of nitrogens with zero attached hydrogens (tertiary/aromatic N) is 2. The van der Waals surface area contributed by atoms with Crippen LogP contribution in [0.1, 0.15) is 13.8 Å². The molecule has 0 saturated carbocycles. The molecule has 3 rings (SSSR count). The number of rotatable bonds is 6. The fraction of sp³-hybridized carbons (Fsp3) is 0.429. The first-order valence-electron chi connectivity index (χ1n) is 10.1. The molecule has 0 spiro atoms. The van der Waals surface area contributed by atoms with Gasteiger partial charge in [0.2, 0.25) is 20.0 Å². The number of hydrogen-bond donors (Lipinski definition) is 1. The maximum atomic E-state index is 13.3. The van der Waals surface area contributed by atoms with E-state index >= 15 is 0 Å². The number of sulfonamides is 2. The summed E-state index contributed by atoms with van der Waals surface area (Å²) in [5.41, 5.74) is 0. The highest BCUT2D eigenvalue weighted by Gasteiger charge is 2.39. The highest BCUT2D eigenvalue weighted by atomic mass is 79.9. The number of ether oxygens (including phenoxy) is 1. The molecule has 1 heterocycles. The van der Waals surface area contributed by atoms with Crippen LogP contribution in [0.5, 0.6) is 5.75 Å². The molecule has 8 nitrogen and oxygen atoms in total. The van der Waals surface area contributed by atoms with E-state index in [1.807, 2.05) is 6.92 Å². The van der Waals surface area contributed by atoms with Gasteiger partial charge in [0.15, 0.2) is 0 Å². The van der Waals surface area contributed by atoms with Crippen LogP contribution < -0.4 is 4.74 Å². The highest BCUT2D eigenvalue weighted by Crippen LogP contribution is 2.35. The summed E-state index contributed by atoms with van der Waals surface area (Å²) in [5.74, 6) is -0.226.